The van der Waals surface area contributed by atoms with E-state index in [1.54, 1.807) is 0 Å². The van der Waals surface area contributed by atoms with Gasteiger partial charge in [0.15, 0.2) is 0 Å². The van der Waals surface area contributed by atoms with E-state index < -0.39 is 0 Å². The van der Waals surface area contributed by atoms with E-state index in [1.807, 2.05) is 0 Å². The Bertz CT molecular complexity index is 172. The molecule has 0 saturated heterocycles. The monoisotopic (exact) mass is 225 g/mol. The highest BCUT2D eigenvalue weighted by Crippen LogP contribution is 2.16. The quantitative estimate of drug-likeness (QED) is 0.529. The van der Waals surface area contributed by atoms with Crippen LogP contribution in [0.5, 0.6) is 0 Å². The van der Waals surface area contributed by atoms with E-state index in [0.29, 0.717) is 5.92 Å². The summed E-state index contributed by atoms with van der Waals surface area (Å²) in [5, 5.41) is 3.46. The molecular formula is C15H31N. The van der Waals surface area contributed by atoms with Crippen molar-refractivity contribution in [3.63, 3.8) is 0 Å². The zero-order valence-corrected chi connectivity index (χ0v) is 11.8. The molecule has 0 radical (unpaired) electrons. The number of allylic oxidation sites excluding steroid dienone is 1. The summed E-state index contributed by atoms with van der Waals surface area (Å²) >= 11 is 0. The maximum absolute atomic E-state index is 4.14. The third-order valence-corrected chi connectivity index (χ3v) is 3.15. The third-order valence-electron chi connectivity index (χ3n) is 3.15. The highest BCUT2D eigenvalue weighted by atomic mass is 14.9. The smallest absolute Gasteiger partial charge is 0.0143 e. The number of hydrogen-bond donors (Lipinski definition) is 1. The highest BCUT2D eigenvalue weighted by molar-refractivity contribution is 4.95. The van der Waals surface area contributed by atoms with E-state index in [2.05, 4.69) is 39.6 Å². The molecule has 1 heteroatoms. The Morgan fingerprint density at radius 3 is 2.31 bits per heavy atom. The van der Waals surface area contributed by atoms with E-state index in [-0.39, 0.29) is 0 Å². The Kier molecular flexibility index (Phi) is 9.46. The maximum Gasteiger partial charge on any atom is 0.0143 e. The molecule has 1 N–H and O–H groups in total. The molecule has 96 valence electrons. The van der Waals surface area contributed by atoms with Gasteiger partial charge in [-0.3, -0.25) is 0 Å². The lowest BCUT2D eigenvalue weighted by Crippen LogP contribution is -2.19. The lowest BCUT2D eigenvalue weighted by atomic mass is 9.97. The van der Waals surface area contributed by atoms with Crippen LogP contribution < -0.4 is 5.32 Å². The zero-order valence-electron chi connectivity index (χ0n) is 11.8. The largest absolute Gasteiger partial charge is 0.389 e. The van der Waals surface area contributed by atoms with Gasteiger partial charge in [0.1, 0.15) is 0 Å². The Morgan fingerprint density at radius 1 is 1.06 bits per heavy atom. The van der Waals surface area contributed by atoms with Gasteiger partial charge in [-0.2, -0.15) is 0 Å². The first-order valence-corrected chi connectivity index (χ1v) is 7.00. The van der Waals surface area contributed by atoms with Crippen LogP contribution in [-0.4, -0.2) is 6.54 Å². The summed E-state index contributed by atoms with van der Waals surface area (Å²) < 4.78 is 0. The fourth-order valence-corrected chi connectivity index (χ4v) is 1.80. The molecule has 0 aliphatic carbocycles. The molecule has 0 amide bonds. The molecule has 0 saturated carbocycles. The summed E-state index contributed by atoms with van der Waals surface area (Å²) in [5.41, 5.74) is 1.24. The van der Waals surface area contributed by atoms with Gasteiger partial charge < -0.3 is 5.32 Å². The molecule has 16 heavy (non-hydrogen) atoms. The van der Waals surface area contributed by atoms with Gasteiger partial charge in [-0.15, -0.1) is 0 Å². The molecule has 1 unspecified atom stereocenters. The number of rotatable bonds is 10. The number of unbranched alkanes of at least 4 members (excludes halogenated alkanes) is 2. The predicted octanol–water partition coefficient (Wildman–Crippen LogP) is 4.74. The summed E-state index contributed by atoms with van der Waals surface area (Å²) in [6.45, 7) is 14.4. The van der Waals surface area contributed by atoms with Crippen LogP contribution in [0.1, 0.15) is 66.2 Å². The van der Waals surface area contributed by atoms with Crippen molar-refractivity contribution in [1.82, 2.24) is 5.32 Å². The fourth-order valence-electron chi connectivity index (χ4n) is 1.80. The zero-order chi connectivity index (χ0) is 12.4. The van der Waals surface area contributed by atoms with Crippen molar-refractivity contribution in [1.29, 1.82) is 0 Å². The van der Waals surface area contributed by atoms with Crippen molar-refractivity contribution in [2.75, 3.05) is 6.54 Å². The van der Waals surface area contributed by atoms with Gasteiger partial charge in [0.2, 0.25) is 0 Å². The van der Waals surface area contributed by atoms with Gasteiger partial charge >= 0.3 is 0 Å². The molecule has 1 nitrogen and oxygen atoms in total. The molecule has 0 rings (SSSR count). The maximum atomic E-state index is 4.14. The number of hydrogen-bond acceptors (Lipinski definition) is 1. The van der Waals surface area contributed by atoms with E-state index >= 15 is 0 Å². The minimum atomic E-state index is 0.625. The molecule has 0 heterocycles. The molecule has 0 aromatic carbocycles. The highest BCUT2D eigenvalue weighted by Gasteiger charge is 2.06. The molecule has 0 aromatic rings. The van der Waals surface area contributed by atoms with Crippen LogP contribution in [0.15, 0.2) is 12.3 Å². The van der Waals surface area contributed by atoms with E-state index in [0.717, 1.165) is 12.5 Å². The van der Waals surface area contributed by atoms with Crippen LogP contribution in [0.3, 0.4) is 0 Å². The van der Waals surface area contributed by atoms with Gasteiger partial charge in [0, 0.05) is 12.2 Å². The average Bonchev–Trinajstić information content (AvgIpc) is 2.23. The van der Waals surface area contributed by atoms with Gasteiger partial charge in [-0.1, -0.05) is 60.0 Å². The second-order valence-electron chi connectivity index (χ2n) is 5.38. The summed E-state index contributed by atoms with van der Waals surface area (Å²) in [5.74, 6) is 1.46. The van der Waals surface area contributed by atoms with Crippen LogP contribution >= 0.6 is 0 Å². The van der Waals surface area contributed by atoms with E-state index in [1.165, 1.54) is 44.2 Å². The Hall–Kier alpha value is -0.460. The molecule has 0 bridgehead atoms. The lowest BCUT2D eigenvalue weighted by molar-refractivity contribution is 0.475. The van der Waals surface area contributed by atoms with Crippen molar-refractivity contribution >= 4 is 0 Å². The Morgan fingerprint density at radius 2 is 1.75 bits per heavy atom. The molecular weight excluding hydrogens is 194 g/mol. The summed E-state index contributed by atoms with van der Waals surface area (Å²) in [7, 11) is 0. The Balaban J connectivity index is 3.49. The second kappa shape index (κ2) is 9.74. The predicted molar refractivity (Wildman–Crippen MR) is 74.5 cm³/mol. The van der Waals surface area contributed by atoms with Crippen LogP contribution in [0.2, 0.25) is 0 Å². The van der Waals surface area contributed by atoms with Crippen LogP contribution in [0.4, 0.5) is 0 Å². The van der Waals surface area contributed by atoms with Crippen molar-refractivity contribution in [2.24, 2.45) is 11.8 Å². The standard InChI is InChI=1S/C15H31N/c1-6-7-8-12-16-15(5)14(4)11-9-10-13(2)3/h13-14,16H,5-12H2,1-4H3. The lowest BCUT2D eigenvalue weighted by Gasteiger charge is -2.17. The van der Waals surface area contributed by atoms with Crippen LogP contribution in [0.25, 0.3) is 0 Å². The van der Waals surface area contributed by atoms with Crippen molar-refractivity contribution in [3.05, 3.63) is 12.3 Å². The van der Waals surface area contributed by atoms with Crippen LogP contribution in [0, 0.1) is 11.8 Å². The normalized spacial score (nSPS) is 12.8. The number of nitrogens with one attached hydrogen (secondary N) is 1. The van der Waals surface area contributed by atoms with Gasteiger partial charge in [-0.25, -0.2) is 0 Å². The summed E-state index contributed by atoms with van der Waals surface area (Å²) in [6.07, 6.45) is 7.83. The minimum absolute atomic E-state index is 0.625. The first-order chi connectivity index (χ1) is 7.57. The van der Waals surface area contributed by atoms with Gasteiger partial charge in [-0.05, 0) is 24.7 Å². The van der Waals surface area contributed by atoms with Crippen molar-refractivity contribution < 1.29 is 0 Å². The molecule has 0 aliphatic rings. The van der Waals surface area contributed by atoms with Crippen molar-refractivity contribution in [2.45, 2.75) is 66.2 Å². The second-order valence-corrected chi connectivity index (χ2v) is 5.38. The average molecular weight is 225 g/mol. The Labute approximate surface area is 103 Å². The van der Waals surface area contributed by atoms with Gasteiger partial charge in [0.05, 0.1) is 0 Å². The molecule has 1 atom stereocenters. The molecule has 0 aliphatic heterocycles. The minimum Gasteiger partial charge on any atom is -0.389 e. The topological polar surface area (TPSA) is 12.0 Å². The molecule has 0 aromatic heterocycles. The molecule has 0 spiro atoms. The third kappa shape index (κ3) is 8.82. The van der Waals surface area contributed by atoms with Crippen molar-refractivity contribution in [3.8, 4) is 0 Å². The van der Waals surface area contributed by atoms with E-state index in [9.17, 15) is 0 Å². The first kappa shape index (κ1) is 15.5. The SMILES string of the molecule is C=C(NCCCCC)C(C)CCCC(C)C. The first-order valence-electron chi connectivity index (χ1n) is 7.00. The summed E-state index contributed by atoms with van der Waals surface area (Å²) in [4.78, 5) is 0. The summed E-state index contributed by atoms with van der Waals surface area (Å²) in [6, 6.07) is 0. The van der Waals surface area contributed by atoms with E-state index in [4.69, 9.17) is 0 Å². The van der Waals surface area contributed by atoms with Crippen LogP contribution in [-0.2, 0) is 0 Å². The molecule has 0 fully saturated rings. The van der Waals surface area contributed by atoms with Gasteiger partial charge in [0.25, 0.3) is 0 Å². The fraction of sp³-hybridized carbons (Fsp3) is 0.867.